The Bertz CT molecular complexity index is 522. The van der Waals surface area contributed by atoms with Gasteiger partial charge in [-0.15, -0.1) is 0 Å². The minimum Gasteiger partial charge on any atom is -0.466 e. The summed E-state index contributed by atoms with van der Waals surface area (Å²) in [4.78, 5) is 21.1. The number of nitrogens with two attached hydrogens (primary N) is 1. The summed E-state index contributed by atoms with van der Waals surface area (Å²) in [7, 11) is 0. The third-order valence-electron chi connectivity index (χ3n) is 2.27. The van der Waals surface area contributed by atoms with E-state index in [2.05, 4.69) is 9.47 Å². The molecule has 0 radical (unpaired) electrons. The summed E-state index contributed by atoms with van der Waals surface area (Å²) in [5.41, 5.74) is 4.89. The molecule has 0 fully saturated rings. The lowest BCUT2D eigenvalue weighted by molar-refractivity contribution is -0.386. The standard InChI is InChI=1S/C11H12F2N2O5/c1-2-19-10(16)4-6-3-9(20-11(12)13)8(15(17)18)5-7(6)14/h3,5,11H,2,4,14H2,1H3. The van der Waals surface area contributed by atoms with Crippen LogP contribution < -0.4 is 10.5 Å². The van der Waals surface area contributed by atoms with Crippen LogP contribution in [0.2, 0.25) is 0 Å². The lowest BCUT2D eigenvalue weighted by Gasteiger charge is -2.10. The van der Waals surface area contributed by atoms with Gasteiger partial charge in [0.15, 0.2) is 0 Å². The number of ether oxygens (including phenoxy) is 2. The van der Waals surface area contributed by atoms with E-state index in [4.69, 9.17) is 5.73 Å². The van der Waals surface area contributed by atoms with Crippen molar-refractivity contribution in [3.8, 4) is 5.75 Å². The zero-order chi connectivity index (χ0) is 15.3. The predicted octanol–water partition coefficient (Wildman–Crippen LogP) is 1.88. The molecule has 0 bridgehead atoms. The van der Waals surface area contributed by atoms with Crippen molar-refractivity contribution < 1.29 is 28.0 Å². The van der Waals surface area contributed by atoms with Crippen molar-refractivity contribution in [3.63, 3.8) is 0 Å². The van der Waals surface area contributed by atoms with E-state index in [1.165, 1.54) is 0 Å². The Morgan fingerprint density at radius 1 is 1.50 bits per heavy atom. The van der Waals surface area contributed by atoms with Gasteiger partial charge in [0, 0.05) is 11.8 Å². The number of hydrogen-bond acceptors (Lipinski definition) is 6. The first-order chi connectivity index (χ1) is 9.35. The van der Waals surface area contributed by atoms with Crippen LogP contribution >= 0.6 is 0 Å². The smallest absolute Gasteiger partial charge is 0.387 e. The summed E-state index contributed by atoms with van der Waals surface area (Å²) in [5.74, 6) is -1.28. The Morgan fingerprint density at radius 3 is 2.65 bits per heavy atom. The lowest BCUT2D eigenvalue weighted by Crippen LogP contribution is -2.11. The van der Waals surface area contributed by atoms with E-state index < -0.39 is 28.9 Å². The molecule has 1 rings (SSSR count). The Balaban J connectivity index is 3.13. The Labute approximate surface area is 112 Å². The zero-order valence-corrected chi connectivity index (χ0v) is 10.5. The van der Waals surface area contributed by atoms with Crippen molar-refractivity contribution in [2.45, 2.75) is 20.0 Å². The number of anilines is 1. The first-order valence-electron chi connectivity index (χ1n) is 5.52. The van der Waals surface area contributed by atoms with Crippen LogP contribution in [0.4, 0.5) is 20.2 Å². The maximum absolute atomic E-state index is 12.2. The lowest BCUT2D eigenvalue weighted by atomic mass is 10.1. The van der Waals surface area contributed by atoms with Gasteiger partial charge in [-0.2, -0.15) is 8.78 Å². The molecule has 0 unspecified atom stereocenters. The molecule has 20 heavy (non-hydrogen) atoms. The topological polar surface area (TPSA) is 105 Å². The van der Waals surface area contributed by atoms with Crippen LogP contribution in [0.3, 0.4) is 0 Å². The highest BCUT2D eigenvalue weighted by Crippen LogP contribution is 2.33. The van der Waals surface area contributed by atoms with E-state index >= 15 is 0 Å². The molecule has 0 saturated carbocycles. The van der Waals surface area contributed by atoms with Crippen molar-refractivity contribution in [1.82, 2.24) is 0 Å². The van der Waals surface area contributed by atoms with Crippen LogP contribution in [0, 0.1) is 10.1 Å². The predicted molar refractivity (Wildman–Crippen MR) is 64.5 cm³/mol. The molecule has 0 atom stereocenters. The van der Waals surface area contributed by atoms with E-state index in [1.54, 1.807) is 6.92 Å². The van der Waals surface area contributed by atoms with Crippen molar-refractivity contribution in [1.29, 1.82) is 0 Å². The summed E-state index contributed by atoms with van der Waals surface area (Å²) >= 11 is 0. The van der Waals surface area contributed by atoms with Crippen molar-refractivity contribution in [2.75, 3.05) is 12.3 Å². The number of hydrogen-bond donors (Lipinski definition) is 1. The number of nitrogens with zero attached hydrogens (tertiary/aromatic N) is 1. The Morgan fingerprint density at radius 2 is 2.15 bits per heavy atom. The number of alkyl halides is 2. The summed E-state index contributed by atoms with van der Waals surface area (Å²) in [6.07, 6.45) is -0.294. The number of carbonyl (C=O) groups is 1. The van der Waals surface area contributed by atoms with Crippen LogP contribution in [-0.2, 0) is 16.0 Å². The minimum absolute atomic E-state index is 0.0774. The number of benzene rings is 1. The molecule has 110 valence electrons. The quantitative estimate of drug-likeness (QED) is 0.371. The van der Waals surface area contributed by atoms with Crippen LogP contribution in [0.15, 0.2) is 12.1 Å². The second kappa shape index (κ2) is 6.64. The molecule has 0 aliphatic heterocycles. The fraction of sp³-hybridized carbons (Fsp3) is 0.364. The molecule has 2 N–H and O–H groups in total. The van der Waals surface area contributed by atoms with Gasteiger partial charge in [-0.3, -0.25) is 14.9 Å². The summed E-state index contributed by atoms with van der Waals surface area (Å²) in [6.45, 7) is -1.48. The zero-order valence-electron chi connectivity index (χ0n) is 10.5. The van der Waals surface area contributed by atoms with E-state index in [9.17, 15) is 23.7 Å². The normalized spacial score (nSPS) is 10.4. The SMILES string of the molecule is CCOC(=O)Cc1cc(OC(F)F)c([N+](=O)[O-])cc1N. The molecule has 1 aromatic carbocycles. The van der Waals surface area contributed by atoms with E-state index in [0.29, 0.717) is 0 Å². The van der Waals surface area contributed by atoms with Crippen molar-refractivity contribution in [2.24, 2.45) is 0 Å². The molecule has 0 amide bonds. The summed E-state index contributed by atoms with van der Waals surface area (Å²) in [5, 5.41) is 10.7. The first-order valence-corrected chi connectivity index (χ1v) is 5.52. The number of esters is 1. The number of nitro groups is 1. The highest BCUT2D eigenvalue weighted by molar-refractivity contribution is 5.76. The number of carbonyl (C=O) groups excluding carboxylic acids is 1. The van der Waals surface area contributed by atoms with Crippen LogP contribution in [0.1, 0.15) is 12.5 Å². The van der Waals surface area contributed by atoms with E-state index in [0.717, 1.165) is 12.1 Å². The highest BCUT2D eigenvalue weighted by atomic mass is 19.3. The van der Waals surface area contributed by atoms with Crippen molar-refractivity contribution >= 4 is 17.3 Å². The Kier molecular flexibility index (Phi) is 5.18. The molecule has 0 saturated heterocycles. The first kappa shape index (κ1) is 15.6. The molecular formula is C11H12F2N2O5. The summed E-state index contributed by atoms with van der Waals surface area (Å²) in [6, 6.07) is 1.81. The maximum atomic E-state index is 12.2. The van der Waals surface area contributed by atoms with Gasteiger partial charge in [0.1, 0.15) is 0 Å². The Hall–Kier alpha value is -2.45. The summed E-state index contributed by atoms with van der Waals surface area (Å²) < 4.78 is 33.2. The number of nitro benzene ring substituents is 1. The van der Waals surface area contributed by atoms with Crippen LogP contribution in [0.5, 0.6) is 5.75 Å². The van der Waals surface area contributed by atoms with E-state index in [-0.39, 0.29) is 24.3 Å². The largest absolute Gasteiger partial charge is 0.466 e. The fourth-order valence-corrected chi connectivity index (χ4v) is 1.48. The molecule has 0 heterocycles. The number of rotatable bonds is 6. The van der Waals surface area contributed by atoms with Gasteiger partial charge < -0.3 is 15.2 Å². The van der Waals surface area contributed by atoms with Gasteiger partial charge in [0.2, 0.25) is 5.75 Å². The van der Waals surface area contributed by atoms with Gasteiger partial charge in [-0.1, -0.05) is 0 Å². The average molecular weight is 290 g/mol. The van der Waals surface area contributed by atoms with E-state index in [1.807, 2.05) is 0 Å². The van der Waals surface area contributed by atoms with Crippen molar-refractivity contribution in [3.05, 3.63) is 27.8 Å². The third-order valence-corrected chi connectivity index (χ3v) is 2.27. The second-order valence-corrected chi connectivity index (χ2v) is 3.64. The molecule has 1 aromatic rings. The van der Waals surface area contributed by atoms with Crippen LogP contribution in [0.25, 0.3) is 0 Å². The molecule has 9 heteroatoms. The van der Waals surface area contributed by atoms with Gasteiger partial charge in [-0.25, -0.2) is 0 Å². The number of nitrogen functional groups attached to an aromatic ring is 1. The molecule has 0 spiro atoms. The van der Waals surface area contributed by atoms with Gasteiger partial charge >= 0.3 is 18.3 Å². The monoisotopic (exact) mass is 290 g/mol. The highest BCUT2D eigenvalue weighted by Gasteiger charge is 2.22. The molecule has 0 aromatic heterocycles. The van der Waals surface area contributed by atoms with Gasteiger partial charge in [0.25, 0.3) is 0 Å². The maximum Gasteiger partial charge on any atom is 0.387 e. The number of halogens is 2. The second-order valence-electron chi connectivity index (χ2n) is 3.64. The fourth-order valence-electron chi connectivity index (χ4n) is 1.48. The average Bonchev–Trinajstić information content (AvgIpc) is 2.32. The molecule has 0 aliphatic rings. The minimum atomic E-state index is -3.23. The van der Waals surface area contributed by atoms with Gasteiger partial charge in [0.05, 0.1) is 18.0 Å². The molecule has 0 aliphatic carbocycles. The molecular weight excluding hydrogens is 278 g/mol. The molecule has 7 nitrogen and oxygen atoms in total. The van der Waals surface area contributed by atoms with Gasteiger partial charge in [-0.05, 0) is 18.6 Å². The van der Waals surface area contributed by atoms with Crippen LogP contribution in [-0.4, -0.2) is 24.1 Å². The third kappa shape index (κ3) is 4.04.